The Morgan fingerprint density at radius 1 is 1.38 bits per heavy atom. The van der Waals surface area contributed by atoms with Gasteiger partial charge in [-0.3, -0.25) is 0 Å². The maximum atomic E-state index is 2.38. The summed E-state index contributed by atoms with van der Waals surface area (Å²) in [5, 5.41) is 0.988. The Morgan fingerprint density at radius 2 is 2.23 bits per heavy atom. The van der Waals surface area contributed by atoms with Gasteiger partial charge in [-0.05, 0) is 18.8 Å². The fraction of sp³-hybridized carbons (Fsp3) is 1.00. The summed E-state index contributed by atoms with van der Waals surface area (Å²) in [5.74, 6) is 2.34. The van der Waals surface area contributed by atoms with Crippen LogP contribution in [0.2, 0.25) is 0 Å². The molecule has 1 aliphatic heterocycles. The fourth-order valence-corrected chi connectivity index (χ4v) is 4.66. The molecule has 0 bridgehead atoms. The molecule has 78 valence electrons. The summed E-state index contributed by atoms with van der Waals surface area (Å²) in [4.78, 5) is 0. The van der Waals surface area contributed by atoms with E-state index in [1.165, 1.54) is 44.3 Å². The van der Waals surface area contributed by atoms with Crippen LogP contribution in [0.1, 0.15) is 52.4 Å². The van der Waals surface area contributed by atoms with Crippen molar-refractivity contribution in [2.75, 3.05) is 5.75 Å². The van der Waals surface area contributed by atoms with Crippen molar-refractivity contribution in [3.8, 4) is 0 Å². The molecular formula is C11H22S2. The van der Waals surface area contributed by atoms with Crippen LogP contribution < -0.4 is 0 Å². The quantitative estimate of drug-likeness (QED) is 0.466. The third-order valence-electron chi connectivity index (χ3n) is 2.90. The topological polar surface area (TPSA) is 0 Å². The molecule has 0 saturated carbocycles. The Labute approximate surface area is 91.0 Å². The molecule has 0 aliphatic carbocycles. The molecule has 1 rings (SSSR count). The van der Waals surface area contributed by atoms with Gasteiger partial charge < -0.3 is 0 Å². The lowest BCUT2D eigenvalue weighted by atomic mass is 10.00. The molecule has 0 N–H and O–H groups in total. The number of unbranched alkanes of at least 4 members (excludes halogenated alkanes) is 1. The van der Waals surface area contributed by atoms with Crippen LogP contribution in [0, 0.1) is 5.92 Å². The van der Waals surface area contributed by atoms with Gasteiger partial charge in [0.1, 0.15) is 0 Å². The monoisotopic (exact) mass is 218 g/mol. The van der Waals surface area contributed by atoms with Crippen molar-refractivity contribution in [1.29, 1.82) is 0 Å². The molecule has 0 aromatic rings. The van der Waals surface area contributed by atoms with Crippen molar-refractivity contribution in [2.45, 2.75) is 57.6 Å². The van der Waals surface area contributed by atoms with Crippen LogP contribution in [0.15, 0.2) is 0 Å². The van der Waals surface area contributed by atoms with E-state index in [9.17, 15) is 0 Å². The van der Waals surface area contributed by atoms with E-state index in [1.807, 2.05) is 0 Å². The number of hydrogen-bond donors (Lipinski definition) is 0. The maximum Gasteiger partial charge on any atom is 0.0159 e. The third kappa shape index (κ3) is 5.21. The summed E-state index contributed by atoms with van der Waals surface area (Å²) >= 11 is 0. The molecule has 1 aliphatic rings. The molecule has 0 nitrogen and oxygen atoms in total. The Bertz CT molecular complexity index is 119. The predicted octanol–water partition coefficient (Wildman–Crippen LogP) is 4.75. The zero-order valence-electron chi connectivity index (χ0n) is 8.92. The minimum Gasteiger partial charge on any atom is -0.0938 e. The van der Waals surface area contributed by atoms with Crippen molar-refractivity contribution in [1.82, 2.24) is 0 Å². The maximum absolute atomic E-state index is 2.38. The Kier molecular flexibility index (Phi) is 6.39. The minimum absolute atomic E-state index is 0.950. The van der Waals surface area contributed by atoms with E-state index >= 15 is 0 Å². The van der Waals surface area contributed by atoms with Crippen molar-refractivity contribution in [3.63, 3.8) is 0 Å². The summed E-state index contributed by atoms with van der Waals surface area (Å²) in [6.45, 7) is 4.67. The molecule has 2 heteroatoms. The zero-order valence-corrected chi connectivity index (χ0v) is 10.6. The van der Waals surface area contributed by atoms with E-state index < -0.39 is 0 Å². The van der Waals surface area contributed by atoms with Gasteiger partial charge in [-0.15, -0.1) is 0 Å². The summed E-state index contributed by atoms with van der Waals surface area (Å²) < 4.78 is 0. The Balaban J connectivity index is 1.88. The lowest BCUT2D eigenvalue weighted by molar-refractivity contribution is 0.476. The van der Waals surface area contributed by atoms with Crippen LogP contribution in [-0.4, -0.2) is 11.0 Å². The van der Waals surface area contributed by atoms with Crippen molar-refractivity contribution in [3.05, 3.63) is 0 Å². The molecule has 0 spiro atoms. The van der Waals surface area contributed by atoms with Gasteiger partial charge in [-0.2, -0.15) is 0 Å². The zero-order chi connectivity index (χ0) is 9.52. The third-order valence-corrected chi connectivity index (χ3v) is 5.90. The van der Waals surface area contributed by atoms with Gasteiger partial charge in [0.15, 0.2) is 0 Å². The first-order valence-electron chi connectivity index (χ1n) is 5.61. The van der Waals surface area contributed by atoms with Gasteiger partial charge in [-0.1, -0.05) is 61.1 Å². The SMILES string of the molecule is CCC(C)CCCC[C@@H]1CCSS1. The Hall–Kier alpha value is 0.700. The molecule has 2 atom stereocenters. The average molecular weight is 218 g/mol. The first kappa shape index (κ1) is 11.8. The molecule has 1 fully saturated rings. The van der Waals surface area contributed by atoms with E-state index in [0.717, 1.165) is 11.2 Å². The molecule has 0 radical (unpaired) electrons. The van der Waals surface area contributed by atoms with E-state index in [-0.39, 0.29) is 0 Å². The van der Waals surface area contributed by atoms with Crippen LogP contribution >= 0.6 is 21.6 Å². The summed E-state index contributed by atoms with van der Waals surface area (Å²) in [7, 11) is 4.19. The standard InChI is InChI=1S/C11H22S2/c1-3-10(2)6-4-5-7-11-8-9-12-13-11/h10-11H,3-9H2,1-2H3/t10?,11-/m1/s1. The second kappa shape index (κ2) is 7.05. The molecular weight excluding hydrogens is 196 g/mol. The van der Waals surface area contributed by atoms with Crippen LogP contribution in [0.25, 0.3) is 0 Å². The highest BCUT2D eigenvalue weighted by Crippen LogP contribution is 2.39. The average Bonchev–Trinajstić information content (AvgIpc) is 2.64. The largest absolute Gasteiger partial charge is 0.0938 e. The summed E-state index contributed by atoms with van der Waals surface area (Å²) in [6.07, 6.45) is 8.64. The van der Waals surface area contributed by atoms with E-state index in [4.69, 9.17) is 0 Å². The normalized spacial score (nSPS) is 24.9. The van der Waals surface area contributed by atoms with Crippen LogP contribution in [0.4, 0.5) is 0 Å². The van der Waals surface area contributed by atoms with E-state index in [1.54, 1.807) is 0 Å². The summed E-state index contributed by atoms with van der Waals surface area (Å²) in [5.41, 5.74) is 0. The predicted molar refractivity (Wildman–Crippen MR) is 66.4 cm³/mol. The van der Waals surface area contributed by atoms with E-state index in [2.05, 4.69) is 35.4 Å². The van der Waals surface area contributed by atoms with Gasteiger partial charge >= 0.3 is 0 Å². The van der Waals surface area contributed by atoms with Crippen molar-refractivity contribution >= 4 is 21.6 Å². The second-order valence-electron chi connectivity index (χ2n) is 4.13. The highest BCUT2D eigenvalue weighted by molar-refractivity contribution is 8.77. The number of hydrogen-bond acceptors (Lipinski definition) is 2. The summed E-state index contributed by atoms with van der Waals surface area (Å²) in [6, 6.07) is 0. The molecule has 13 heavy (non-hydrogen) atoms. The smallest absolute Gasteiger partial charge is 0.0159 e. The molecule has 1 unspecified atom stereocenters. The Morgan fingerprint density at radius 3 is 2.85 bits per heavy atom. The fourth-order valence-electron chi connectivity index (χ4n) is 1.63. The van der Waals surface area contributed by atoms with E-state index in [0.29, 0.717) is 0 Å². The van der Waals surface area contributed by atoms with Gasteiger partial charge in [0.25, 0.3) is 0 Å². The molecule has 0 aromatic heterocycles. The lowest BCUT2D eigenvalue weighted by Crippen LogP contribution is -1.98. The molecule has 0 aromatic carbocycles. The van der Waals surface area contributed by atoms with Crippen molar-refractivity contribution < 1.29 is 0 Å². The lowest BCUT2D eigenvalue weighted by Gasteiger charge is -2.09. The number of rotatable bonds is 6. The molecule has 1 saturated heterocycles. The van der Waals surface area contributed by atoms with Gasteiger partial charge in [0, 0.05) is 11.0 Å². The molecule has 1 heterocycles. The second-order valence-corrected chi connectivity index (χ2v) is 6.91. The van der Waals surface area contributed by atoms with Crippen LogP contribution in [0.5, 0.6) is 0 Å². The van der Waals surface area contributed by atoms with Crippen LogP contribution in [0.3, 0.4) is 0 Å². The first-order valence-corrected chi connectivity index (χ1v) is 7.99. The highest BCUT2D eigenvalue weighted by Gasteiger charge is 2.15. The first-order chi connectivity index (χ1) is 6.33. The van der Waals surface area contributed by atoms with Gasteiger partial charge in [-0.25, -0.2) is 0 Å². The highest BCUT2D eigenvalue weighted by atomic mass is 33.1. The van der Waals surface area contributed by atoms with Gasteiger partial charge in [0.05, 0.1) is 0 Å². The van der Waals surface area contributed by atoms with Crippen molar-refractivity contribution in [2.24, 2.45) is 5.92 Å². The minimum atomic E-state index is 0.950. The molecule has 0 amide bonds. The van der Waals surface area contributed by atoms with Crippen LogP contribution in [-0.2, 0) is 0 Å². The van der Waals surface area contributed by atoms with Gasteiger partial charge in [0.2, 0.25) is 0 Å².